The molecule has 0 bridgehead atoms. The largest absolute Gasteiger partial charge is 0.399 e. The maximum Gasteiger partial charge on any atom is 0.220 e. The van der Waals surface area contributed by atoms with Gasteiger partial charge in [0, 0.05) is 27.8 Å². The first-order valence-electron chi connectivity index (χ1n) is 7.68. The van der Waals surface area contributed by atoms with Gasteiger partial charge in [-0.3, -0.25) is 4.79 Å². The molecule has 1 unspecified atom stereocenters. The van der Waals surface area contributed by atoms with Crippen molar-refractivity contribution in [2.75, 3.05) is 11.5 Å². The van der Waals surface area contributed by atoms with Gasteiger partial charge in [-0.1, -0.05) is 29.8 Å². The van der Waals surface area contributed by atoms with Crippen molar-refractivity contribution in [3.8, 4) is 0 Å². The zero-order valence-electron chi connectivity index (χ0n) is 12.7. The predicted molar refractivity (Wildman–Crippen MR) is 96.9 cm³/mol. The Labute approximate surface area is 145 Å². The number of fused-ring (bicyclic) bond motifs is 1. The van der Waals surface area contributed by atoms with E-state index in [4.69, 9.17) is 17.3 Å². The van der Waals surface area contributed by atoms with Gasteiger partial charge in [-0.15, -0.1) is 11.8 Å². The minimum atomic E-state index is 0.0468. The van der Waals surface area contributed by atoms with Crippen LogP contribution in [0.15, 0.2) is 47.4 Å². The van der Waals surface area contributed by atoms with E-state index in [2.05, 4.69) is 5.32 Å². The number of para-hydroxylation sites is 1. The normalized spacial score (nSPS) is 16.7. The van der Waals surface area contributed by atoms with Crippen molar-refractivity contribution < 1.29 is 4.79 Å². The lowest BCUT2D eigenvalue weighted by Crippen LogP contribution is -2.30. The van der Waals surface area contributed by atoms with Crippen molar-refractivity contribution >= 4 is 35.0 Å². The van der Waals surface area contributed by atoms with Crippen molar-refractivity contribution in [2.24, 2.45) is 0 Å². The fourth-order valence-electron chi connectivity index (χ4n) is 2.79. The summed E-state index contributed by atoms with van der Waals surface area (Å²) in [6.07, 6.45) is 2.02. The van der Waals surface area contributed by atoms with Crippen LogP contribution in [0, 0.1) is 0 Å². The Morgan fingerprint density at radius 1 is 1.30 bits per heavy atom. The van der Waals surface area contributed by atoms with E-state index in [0.29, 0.717) is 17.9 Å². The first-order valence-corrected chi connectivity index (χ1v) is 9.05. The second kappa shape index (κ2) is 7.28. The number of amides is 1. The van der Waals surface area contributed by atoms with Gasteiger partial charge in [0.1, 0.15) is 0 Å². The number of halogens is 1. The molecule has 1 aliphatic rings. The Hall–Kier alpha value is -1.65. The van der Waals surface area contributed by atoms with Crippen LogP contribution in [0.3, 0.4) is 0 Å². The summed E-state index contributed by atoms with van der Waals surface area (Å²) in [5.41, 5.74) is 8.81. The minimum Gasteiger partial charge on any atom is -0.399 e. The third kappa shape index (κ3) is 4.01. The standard InChI is InChI=1S/C18H19ClN2OS/c19-13-6-7-17-14(11-13)16(9-10-23-17)21-18(22)8-5-12-3-1-2-4-15(12)20/h1-4,6-7,11,16H,5,8-10,20H2,(H,21,22). The number of nitrogens with one attached hydrogen (secondary N) is 1. The third-order valence-electron chi connectivity index (χ3n) is 4.02. The zero-order chi connectivity index (χ0) is 16.2. The molecule has 0 spiro atoms. The lowest BCUT2D eigenvalue weighted by atomic mass is 10.0. The highest BCUT2D eigenvalue weighted by atomic mass is 35.5. The van der Waals surface area contributed by atoms with Crippen LogP contribution in [0.2, 0.25) is 5.02 Å². The van der Waals surface area contributed by atoms with Gasteiger partial charge in [0.2, 0.25) is 5.91 Å². The number of thioether (sulfide) groups is 1. The predicted octanol–water partition coefficient (Wildman–Crippen LogP) is 4.21. The summed E-state index contributed by atoms with van der Waals surface area (Å²) < 4.78 is 0. The number of carbonyl (C=O) groups is 1. The molecular weight excluding hydrogens is 328 g/mol. The molecule has 0 saturated carbocycles. The number of rotatable bonds is 4. The van der Waals surface area contributed by atoms with Crippen LogP contribution in [-0.4, -0.2) is 11.7 Å². The number of nitrogens with two attached hydrogens (primary N) is 1. The number of aryl methyl sites for hydroxylation is 1. The van der Waals surface area contributed by atoms with E-state index < -0.39 is 0 Å². The van der Waals surface area contributed by atoms with Gasteiger partial charge >= 0.3 is 0 Å². The molecule has 120 valence electrons. The Balaban J connectivity index is 1.63. The molecule has 1 heterocycles. The lowest BCUT2D eigenvalue weighted by Gasteiger charge is -2.26. The second-order valence-electron chi connectivity index (χ2n) is 5.64. The van der Waals surface area contributed by atoms with Gasteiger partial charge in [0.25, 0.3) is 0 Å². The Kier molecular flexibility index (Phi) is 5.13. The first-order chi connectivity index (χ1) is 11.1. The Morgan fingerprint density at radius 2 is 2.13 bits per heavy atom. The van der Waals surface area contributed by atoms with Crippen molar-refractivity contribution in [1.29, 1.82) is 0 Å². The van der Waals surface area contributed by atoms with Crippen LogP contribution < -0.4 is 11.1 Å². The molecule has 0 aromatic heterocycles. The smallest absolute Gasteiger partial charge is 0.220 e. The molecular formula is C18H19ClN2OS. The Bertz CT molecular complexity index is 720. The van der Waals surface area contributed by atoms with Crippen LogP contribution in [-0.2, 0) is 11.2 Å². The highest BCUT2D eigenvalue weighted by Crippen LogP contribution is 2.37. The van der Waals surface area contributed by atoms with E-state index in [0.717, 1.165) is 29.0 Å². The maximum atomic E-state index is 12.3. The molecule has 0 aliphatic carbocycles. The van der Waals surface area contributed by atoms with Crippen LogP contribution in [0.25, 0.3) is 0 Å². The van der Waals surface area contributed by atoms with Gasteiger partial charge in [-0.05, 0) is 48.2 Å². The van der Waals surface area contributed by atoms with Crippen LogP contribution in [0.4, 0.5) is 5.69 Å². The van der Waals surface area contributed by atoms with E-state index in [1.54, 1.807) is 0 Å². The number of hydrogen-bond donors (Lipinski definition) is 2. The summed E-state index contributed by atoms with van der Waals surface area (Å²) >= 11 is 7.92. The van der Waals surface area contributed by atoms with Gasteiger partial charge in [0.05, 0.1) is 6.04 Å². The SMILES string of the molecule is Nc1ccccc1CCC(=O)NC1CCSc2ccc(Cl)cc21. The second-order valence-corrected chi connectivity index (χ2v) is 7.21. The molecule has 2 aromatic rings. The highest BCUT2D eigenvalue weighted by molar-refractivity contribution is 7.99. The minimum absolute atomic E-state index is 0.0468. The van der Waals surface area contributed by atoms with Gasteiger partial charge in [0.15, 0.2) is 0 Å². The molecule has 0 fully saturated rings. The summed E-state index contributed by atoms with van der Waals surface area (Å²) in [6, 6.07) is 13.6. The molecule has 0 radical (unpaired) electrons. The van der Waals surface area contributed by atoms with Gasteiger partial charge in [-0.2, -0.15) is 0 Å². The zero-order valence-corrected chi connectivity index (χ0v) is 14.3. The van der Waals surface area contributed by atoms with Crippen LogP contribution in [0.5, 0.6) is 0 Å². The third-order valence-corrected chi connectivity index (χ3v) is 5.38. The summed E-state index contributed by atoms with van der Waals surface area (Å²) in [5.74, 6) is 1.06. The average molecular weight is 347 g/mol. The summed E-state index contributed by atoms with van der Waals surface area (Å²) in [5, 5.41) is 3.85. The number of carbonyl (C=O) groups excluding carboxylic acids is 1. The fraction of sp³-hybridized carbons (Fsp3) is 0.278. The van der Waals surface area contributed by atoms with Crippen LogP contribution in [0.1, 0.15) is 30.0 Å². The van der Waals surface area contributed by atoms with E-state index in [1.165, 1.54) is 4.90 Å². The van der Waals surface area contributed by atoms with E-state index >= 15 is 0 Å². The molecule has 23 heavy (non-hydrogen) atoms. The Morgan fingerprint density at radius 3 is 2.96 bits per heavy atom. The summed E-state index contributed by atoms with van der Waals surface area (Å²) in [6.45, 7) is 0. The van der Waals surface area contributed by atoms with E-state index in [-0.39, 0.29) is 11.9 Å². The molecule has 2 aromatic carbocycles. The molecule has 1 amide bonds. The average Bonchev–Trinajstić information content (AvgIpc) is 2.55. The van der Waals surface area contributed by atoms with E-state index in [1.807, 2.05) is 54.2 Å². The molecule has 3 N–H and O–H groups in total. The van der Waals surface area contributed by atoms with Gasteiger partial charge < -0.3 is 11.1 Å². The van der Waals surface area contributed by atoms with Crippen molar-refractivity contribution in [2.45, 2.75) is 30.2 Å². The van der Waals surface area contributed by atoms with Crippen molar-refractivity contribution in [3.05, 3.63) is 58.6 Å². The van der Waals surface area contributed by atoms with Crippen molar-refractivity contribution in [3.63, 3.8) is 0 Å². The number of nitrogen functional groups attached to an aromatic ring is 1. The topological polar surface area (TPSA) is 55.1 Å². The quantitative estimate of drug-likeness (QED) is 0.815. The molecule has 0 saturated heterocycles. The van der Waals surface area contributed by atoms with E-state index in [9.17, 15) is 4.79 Å². The molecule has 3 rings (SSSR count). The van der Waals surface area contributed by atoms with Crippen molar-refractivity contribution in [1.82, 2.24) is 5.32 Å². The lowest BCUT2D eigenvalue weighted by molar-refractivity contribution is -0.121. The monoisotopic (exact) mass is 346 g/mol. The number of anilines is 1. The molecule has 1 aliphatic heterocycles. The van der Waals surface area contributed by atoms with Gasteiger partial charge in [-0.25, -0.2) is 0 Å². The number of benzene rings is 2. The maximum absolute atomic E-state index is 12.3. The highest BCUT2D eigenvalue weighted by Gasteiger charge is 2.22. The first kappa shape index (κ1) is 16.2. The van der Waals surface area contributed by atoms with Crippen LogP contribution >= 0.6 is 23.4 Å². The number of hydrogen-bond acceptors (Lipinski definition) is 3. The molecule has 1 atom stereocenters. The fourth-order valence-corrected chi connectivity index (χ4v) is 4.08. The molecule has 5 heteroatoms. The summed E-state index contributed by atoms with van der Waals surface area (Å²) in [4.78, 5) is 13.5. The summed E-state index contributed by atoms with van der Waals surface area (Å²) in [7, 11) is 0. The molecule has 3 nitrogen and oxygen atoms in total.